The van der Waals surface area contributed by atoms with Gasteiger partial charge in [0.1, 0.15) is 0 Å². The molecule has 0 spiro atoms. The molecule has 0 N–H and O–H groups in total. The molecule has 0 amide bonds. The Morgan fingerprint density at radius 2 is 1.71 bits per heavy atom. The number of hydrogen-bond donors (Lipinski definition) is 0. The number of piperidine rings is 1. The molecule has 1 aliphatic heterocycles. The molecule has 4 aromatic rings. The van der Waals surface area contributed by atoms with Crippen molar-refractivity contribution in [3.63, 3.8) is 0 Å². The average molecular weight is 450 g/mol. The van der Waals surface area contributed by atoms with Crippen molar-refractivity contribution in [2.45, 2.75) is 57.3 Å². The highest BCUT2D eigenvalue weighted by Crippen LogP contribution is 2.45. The summed E-state index contributed by atoms with van der Waals surface area (Å²) < 4.78 is 0. The SMILES string of the molecule is c1ccc2c(c1)ccc1c3c(ccc12)C(c1cnccn1)C(CCCCN1CCCCC1)CC3. The van der Waals surface area contributed by atoms with Crippen LogP contribution in [0.1, 0.15) is 67.7 Å². The molecule has 1 saturated heterocycles. The molecule has 1 aromatic heterocycles. The van der Waals surface area contributed by atoms with Gasteiger partial charge in [-0.25, -0.2) is 0 Å². The van der Waals surface area contributed by atoms with Crippen molar-refractivity contribution in [3.8, 4) is 0 Å². The van der Waals surface area contributed by atoms with Gasteiger partial charge in [0.05, 0.1) is 5.69 Å². The molecule has 6 rings (SSSR count). The van der Waals surface area contributed by atoms with Crippen LogP contribution in [0.15, 0.2) is 67.1 Å². The minimum absolute atomic E-state index is 0.350. The van der Waals surface area contributed by atoms with Gasteiger partial charge < -0.3 is 4.90 Å². The molecule has 0 radical (unpaired) electrons. The maximum absolute atomic E-state index is 4.81. The molecule has 2 atom stereocenters. The van der Waals surface area contributed by atoms with Gasteiger partial charge in [-0.15, -0.1) is 0 Å². The Labute approximate surface area is 203 Å². The molecule has 34 heavy (non-hydrogen) atoms. The second-order valence-corrected chi connectivity index (χ2v) is 10.3. The van der Waals surface area contributed by atoms with Crippen LogP contribution in [0.3, 0.4) is 0 Å². The third-order valence-corrected chi connectivity index (χ3v) is 8.30. The molecular weight excluding hydrogens is 414 g/mol. The van der Waals surface area contributed by atoms with E-state index in [2.05, 4.69) is 58.4 Å². The Balaban J connectivity index is 1.29. The minimum atomic E-state index is 0.350. The smallest absolute Gasteiger partial charge is 0.0664 e. The van der Waals surface area contributed by atoms with E-state index in [1.807, 2.05) is 12.4 Å². The average Bonchev–Trinajstić information content (AvgIpc) is 2.91. The first-order valence-electron chi connectivity index (χ1n) is 13.3. The van der Waals surface area contributed by atoms with Crippen molar-refractivity contribution in [2.24, 2.45) is 5.92 Å². The zero-order valence-electron chi connectivity index (χ0n) is 20.1. The molecule has 0 saturated carbocycles. The summed E-state index contributed by atoms with van der Waals surface area (Å²) in [6.45, 7) is 3.89. The fraction of sp³-hybridized carbons (Fsp3) is 0.419. The van der Waals surface area contributed by atoms with Gasteiger partial charge in [0.2, 0.25) is 0 Å². The molecule has 2 aliphatic rings. The normalized spacial score (nSPS) is 21.1. The Morgan fingerprint density at radius 3 is 2.59 bits per heavy atom. The van der Waals surface area contributed by atoms with E-state index in [0.29, 0.717) is 11.8 Å². The van der Waals surface area contributed by atoms with E-state index in [4.69, 9.17) is 4.98 Å². The summed E-state index contributed by atoms with van der Waals surface area (Å²) in [4.78, 5) is 11.9. The van der Waals surface area contributed by atoms with Gasteiger partial charge in [0, 0.05) is 24.5 Å². The standard InChI is InChI=1S/C31H35N3/c1-5-19-34(20-6-1)21-7-4-9-24-12-14-28-27-13-11-23-8-2-3-10-25(23)26(27)15-16-29(28)31(24)30-22-32-17-18-33-30/h2-3,8,10-11,13,15-18,22,24,31H,1,4-7,9,12,14,19-21H2. The number of fused-ring (bicyclic) bond motifs is 5. The van der Waals surface area contributed by atoms with Crippen molar-refractivity contribution in [3.05, 3.63) is 83.9 Å². The lowest BCUT2D eigenvalue weighted by Crippen LogP contribution is -2.30. The predicted molar refractivity (Wildman–Crippen MR) is 141 cm³/mol. The fourth-order valence-electron chi connectivity index (χ4n) is 6.60. The van der Waals surface area contributed by atoms with E-state index < -0.39 is 0 Å². The monoisotopic (exact) mass is 449 g/mol. The topological polar surface area (TPSA) is 29.0 Å². The first-order chi connectivity index (χ1) is 16.9. The number of nitrogens with zero attached hydrogens (tertiary/aromatic N) is 3. The van der Waals surface area contributed by atoms with Crippen LogP contribution in [0.2, 0.25) is 0 Å². The summed E-state index contributed by atoms with van der Waals surface area (Å²) in [5, 5.41) is 5.49. The maximum Gasteiger partial charge on any atom is 0.0664 e. The maximum atomic E-state index is 4.81. The molecule has 0 bridgehead atoms. The van der Waals surface area contributed by atoms with Crippen LogP contribution in [-0.4, -0.2) is 34.5 Å². The summed E-state index contributed by atoms with van der Waals surface area (Å²) in [6.07, 6.45) is 16.2. The Bertz CT molecular complexity index is 1260. The van der Waals surface area contributed by atoms with Gasteiger partial charge in [0.15, 0.2) is 0 Å². The highest BCUT2D eigenvalue weighted by Gasteiger charge is 2.32. The minimum Gasteiger partial charge on any atom is -0.303 e. The summed E-state index contributed by atoms with van der Waals surface area (Å²) in [5.74, 6) is 0.992. The number of likely N-dealkylation sites (tertiary alicyclic amines) is 1. The third-order valence-electron chi connectivity index (χ3n) is 8.30. The van der Waals surface area contributed by atoms with Gasteiger partial charge in [-0.1, -0.05) is 61.4 Å². The second kappa shape index (κ2) is 9.84. The summed E-state index contributed by atoms with van der Waals surface area (Å²) in [5.41, 5.74) is 4.16. The van der Waals surface area contributed by atoms with Gasteiger partial charge in [-0.05, 0) is 96.7 Å². The molecule has 2 unspecified atom stereocenters. The van der Waals surface area contributed by atoms with Gasteiger partial charge in [0.25, 0.3) is 0 Å². The van der Waals surface area contributed by atoms with E-state index in [1.165, 1.54) is 104 Å². The Morgan fingerprint density at radius 1 is 0.824 bits per heavy atom. The molecule has 3 nitrogen and oxygen atoms in total. The third kappa shape index (κ3) is 4.22. The van der Waals surface area contributed by atoms with Crippen LogP contribution < -0.4 is 0 Å². The molecule has 3 heteroatoms. The van der Waals surface area contributed by atoms with Crippen molar-refractivity contribution >= 4 is 21.5 Å². The number of unbranched alkanes of at least 4 members (excludes halogenated alkanes) is 1. The van der Waals surface area contributed by atoms with E-state index in [-0.39, 0.29) is 0 Å². The highest BCUT2D eigenvalue weighted by atomic mass is 15.1. The van der Waals surface area contributed by atoms with Crippen LogP contribution in [0.4, 0.5) is 0 Å². The predicted octanol–water partition coefficient (Wildman–Crippen LogP) is 7.13. The van der Waals surface area contributed by atoms with Gasteiger partial charge in [-0.2, -0.15) is 0 Å². The molecule has 3 aromatic carbocycles. The number of hydrogen-bond acceptors (Lipinski definition) is 3. The van der Waals surface area contributed by atoms with E-state index in [0.717, 1.165) is 5.69 Å². The van der Waals surface area contributed by atoms with Crippen LogP contribution >= 0.6 is 0 Å². The lowest BCUT2D eigenvalue weighted by atomic mass is 9.70. The molecule has 1 fully saturated rings. The zero-order chi connectivity index (χ0) is 22.7. The zero-order valence-corrected chi connectivity index (χ0v) is 20.1. The van der Waals surface area contributed by atoms with Crippen LogP contribution in [0, 0.1) is 5.92 Å². The molecular formula is C31H35N3. The summed E-state index contributed by atoms with van der Waals surface area (Å²) >= 11 is 0. The van der Waals surface area contributed by atoms with Crippen LogP contribution in [0.5, 0.6) is 0 Å². The molecule has 174 valence electrons. The largest absolute Gasteiger partial charge is 0.303 e. The van der Waals surface area contributed by atoms with Crippen molar-refractivity contribution in [1.82, 2.24) is 14.9 Å². The van der Waals surface area contributed by atoms with Crippen LogP contribution in [0.25, 0.3) is 21.5 Å². The highest BCUT2D eigenvalue weighted by molar-refractivity contribution is 6.08. The van der Waals surface area contributed by atoms with E-state index in [1.54, 1.807) is 6.20 Å². The van der Waals surface area contributed by atoms with Crippen molar-refractivity contribution < 1.29 is 0 Å². The lowest BCUT2D eigenvalue weighted by Gasteiger charge is -2.34. The van der Waals surface area contributed by atoms with E-state index in [9.17, 15) is 0 Å². The number of benzene rings is 3. The quantitative estimate of drug-likeness (QED) is 0.231. The van der Waals surface area contributed by atoms with Gasteiger partial charge in [-0.3, -0.25) is 9.97 Å². The first-order valence-corrected chi connectivity index (χ1v) is 13.3. The lowest BCUT2D eigenvalue weighted by molar-refractivity contribution is 0.221. The molecule has 1 aliphatic carbocycles. The number of aromatic nitrogens is 2. The fourth-order valence-corrected chi connectivity index (χ4v) is 6.60. The Hall–Kier alpha value is -2.78. The number of rotatable bonds is 6. The van der Waals surface area contributed by atoms with Crippen molar-refractivity contribution in [2.75, 3.05) is 19.6 Å². The summed E-state index contributed by atoms with van der Waals surface area (Å²) in [7, 11) is 0. The second-order valence-electron chi connectivity index (χ2n) is 10.3. The summed E-state index contributed by atoms with van der Waals surface area (Å²) in [6, 6.07) is 18.2. The van der Waals surface area contributed by atoms with Crippen LogP contribution in [-0.2, 0) is 6.42 Å². The first kappa shape index (κ1) is 21.7. The number of aryl methyl sites for hydroxylation is 1. The van der Waals surface area contributed by atoms with Gasteiger partial charge >= 0.3 is 0 Å². The van der Waals surface area contributed by atoms with Crippen molar-refractivity contribution in [1.29, 1.82) is 0 Å². The molecule has 2 heterocycles. The van der Waals surface area contributed by atoms with E-state index >= 15 is 0 Å². The Kier molecular flexibility index (Phi) is 6.29.